The summed E-state index contributed by atoms with van der Waals surface area (Å²) in [7, 11) is 0. The minimum atomic E-state index is 0.121. The van der Waals surface area contributed by atoms with Crippen molar-refractivity contribution in [2.45, 2.75) is 45.6 Å². The first kappa shape index (κ1) is 11.6. The van der Waals surface area contributed by atoms with Gasteiger partial charge in [-0.15, -0.1) is 11.3 Å². The van der Waals surface area contributed by atoms with Crippen LogP contribution in [0, 0.1) is 6.92 Å². The summed E-state index contributed by atoms with van der Waals surface area (Å²) in [6.07, 6.45) is 4.57. The molecule has 2 rings (SSSR count). The third-order valence-electron chi connectivity index (χ3n) is 3.20. The molecule has 0 bridgehead atoms. The Balaban J connectivity index is 2.13. The van der Waals surface area contributed by atoms with E-state index in [1.54, 1.807) is 11.3 Å². The van der Waals surface area contributed by atoms with Crippen LogP contribution in [0.25, 0.3) is 0 Å². The summed E-state index contributed by atoms with van der Waals surface area (Å²) in [6.45, 7) is 4.99. The van der Waals surface area contributed by atoms with E-state index in [9.17, 15) is 4.79 Å². The second-order valence-electron chi connectivity index (χ2n) is 4.31. The highest BCUT2D eigenvalue weighted by Crippen LogP contribution is 2.22. The Labute approximate surface area is 100 Å². The smallest absolute Gasteiger partial charge is 0.273 e. The van der Waals surface area contributed by atoms with Crippen LogP contribution in [-0.4, -0.2) is 28.4 Å². The summed E-state index contributed by atoms with van der Waals surface area (Å²) < 4.78 is 0. The molecule has 1 saturated heterocycles. The van der Waals surface area contributed by atoms with Crippen molar-refractivity contribution in [3.8, 4) is 0 Å². The molecule has 2 heterocycles. The number of amides is 1. The van der Waals surface area contributed by atoms with Crippen molar-refractivity contribution in [3.63, 3.8) is 0 Å². The average molecular weight is 238 g/mol. The van der Waals surface area contributed by atoms with Gasteiger partial charge in [-0.2, -0.15) is 0 Å². The van der Waals surface area contributed by atoms with E-state index in [4.69, 9.17) is 0 Å². The van der Waals surface area contributed by atoms with Gasteiger partial charge in [0.2, 0.25) is 0 Å². The molecule has 1 amide bonds. The fourth-order valence-corrected chi connectivity index (χ4v) is 2.89. The molecule has 1 aliphatic rings. The summed E-state index contributed by atoms with van der Waals surface area (Å²) in [6, 6.07) is 0.420. The topological polar surface area (TPSA) is 33.2 Å². The third-order valence-corrected chi connectivity index (χ3v) is 3.97. The predicted molar refractivity (Wildman–Crippen MR) is 65.8 cm³/mol. The van der Waals surface area contributed by atoms with E-state index in [2.05, 4.69) is 11.9 Å². The summed E-state index contributed by atoms with van der Waals surface area (Å²) >= 11 is 1.55. The van der Waals surface area contributed by atoms with E-state index in [1.807, 2.05) is 17.2 Å². The highest BCUT2D eigenvalue weighted by atomic mass is 32.1. The van der Waals surface area contributed by atoms with E-state index in [1.165, 1.54) is 6.42 Å². The molecular formula is C12H18N2OS. The van der Waals surface area contributed by atoms with Gasteiger partial charge in [0.25, 0.3) is 5.91 Å². The minimum absolute atomic E-state index is 0.121. The Hall–Kier alpha value is -0.900. The van der Waals surface area contributed by atoms with Crippen molar-refractivity contribution in [1.82, 2.24) is 9.88 Å². The average Bonchev–Trinajstić information content (AvgIpc) is 2.75. The molecule has 3 nitrogen and oxygen atoms in total. The molecule has 16 heavy (non-hydrogen) atoms. The van der Waals surface area contributed by atoms with Gasteiger partial charge in [0.05, 0.1) is 5.01 Å². The van der Waals surface area contributed by atoms with Gasteiger partial charge in [0, 0.05) is 18.0 Å². The molecule has 0 radical (unpaired) electrons. The number of aromatic nitrogens is 1. The first-order valence-electron chi connectivity index (χ1n) is 5.95. The molecule has 1 fully saturated rings. The lowest BCUT2D eigenvalue weighted by Gasteiger charge is -2.34. The van der Waals surface area contributed by atoms with Crippen LogP contribution < -0.4 is 0 Å². The van der Waals surface area contributed by atoms with Gasteiger partial charge in [-0.3, -0.25) is 4.79 Å². The Morgan fingerprint density at radius 3 is 3.06 bits per heavy atom. The zero-order valence-electron chi connectivity index (χ0n) is 9.90. The van der Waals surface area contributed by atoms with Crippen molar-refractivity contribution in [1.29, 1.82) is 0 Å². The molecule has 0 aliphatic carbocycles. The summed E-state index contributed by atoms with van der Waals surface area (Å²) in [5.74, 6) is 0.121. The van der Waals surface area contributed by atoms with Gasteiger partial charge >= 0.3 is 0 Å². The molecular weight excluding hydrogens is 220 g/mol. The van der Waals surface area contributed by atoms with E-state index >= 15 is 0 Å². The van der Waals surface area contributed by atoms with E-state index < -0.39 is 0 Å². The highest BCUT2D eigenvalue weighted by molar-refractivity contribution is 7.09. The second-order valence-corrected chi connectivity index (χ2v) is 5.37. The van der Waals surface area contributed by atoms with Gasteiger partial charge in [0.1, 0.15) is 5.69 Å². The molecule has 4 heteroatoms. The largest absolute Gasteiger partial charge is 0.334 e. The zero-order valence-corrected chi connectivity index (χ0v) is 10.7. The van der Waals surface area contributed by atoms with Crippen LogP contribution in [0.15, 0.2) is 5.38 Å². The van der Waals surface area contributed by atoms with Crippen LogP contribution in [0.5, 0.6) is 0 Å². The maximum atomic E-state index is 12.3. The van der Waals surface area contributed by atoms with Gasteiger partial charge in [0.15, 0.2) is 0 Å². The van der Waals surface area contributed by atoms with Gasteiger partial charge < -0.3 is 4.90 Å². The molecule has 0 aromatic carbocycles. The molecule has 0 saturated carbocycles. The van der Waals surface area contributed by atoms with Crippen molar-refractivity contribution in [2.75, 3.05) is 6.54 Å². The van der Waals surface area contributed by atoms with Crippen LogP contribution >= 0.6 is 11.3 Å². The highest BCUT2D eigenvalue weighted by Gasteiger charge is 2.27. The molecule has 88 valence electrons. The standard InChI is InChI=1S/C12H18N2OS/c1-3-10-6-4-5-7-14(10)12(15)11-8-16-9(2)13-11/h8,10H,3-7H2,1-2H3. The SMILES string of the molecule is CCC1CCCCN1C(=O)c1csc(C)n1. The maximum absolute atomic E-state index is 12.3. The number of nitrogens with zero attached hydrogens (tertiary/aromatic N) is 2. The van der Waals surface area contributed by atoms with Crippen LogP contribution in [0.2, 0.25) is 0 Å². The maximum Gasteiger partial charge on any atom is 0.273 e. The van der Waals surface area contributed by atoms with Crippen LogP contribution in [-0.2, 0) is 0 Å². The molecule has 0 spiro atoms. The summed E-state index contributed by atoms with van der Waals surface area (Å²) in [4.78, 5) is 18.5. The molecule has 0 N–H and O–H groups in total. The molecule has 1 aromatic heterocycles. The van der Waals surface area contributed by atoms with Gasteiger partial charge in [-0.1, -0.05) is 6.92 Å². The second kappa shape index (κ2) is 4.95. The number of carbonyl (C=O) groups excluding carboxylic acids is 1. The number of rotatable bonds is 2. The van der Waals surface area contributed by atoms with Crippen LogP contribution in [0.4, 0.5) is 0 Å². The fraction of sp³-hybridized carbons (Fsp3) is 0.667. The normalized spacial score (nSPS) is 21.1. The first-order valence-corrected chi connectivity index (χ1v) is 6.83. The number of hydrogen-bond donors (Lipinski definition) is 0. The van der Waals surface area contributed by atoms with Crippen molar-refractivity contribution < 1.29 is 4.79 Å². The van der Waals surface area contributed by atoms with Gasteiger partial charge in [-0.25, -0.2) is 4.98 Å². The van der Waals surface area contributed by atoms with Gasteiger partial charge in [-0.05, 0) is 32.6 Å². The number of carbonyl (C=O) groups is 1. The monoisotopic (exact) mass is 238 g/mol. The Kier molecular flexibility index (Phi) is 3.59. The van der Waals surface area contributed by atoms with E-state index in [-0.39, 0.29) is 5.91 Å². The molecule has 1 aliphatic heterocycles. The molecule has 1 unspecified atom stereocenters. The Bertz CT molecular complexity index is 375. The fourth-order valence-electron chi connectivity index (χ4n) is 2.30. The number of hydrogen-bond acceptors (Lipinski definition) is 3. The molecule has 1 aromatic rings. The minimum Gasteiger partial charge on any atom is -0.334 e. The number of likely N-dealkylation sites (tertiary alicyclic amines) is 1. The number of thiazole rings is 1. The lowest BCUT2D eigenvalue weighted by atomic mass is 10.00. The predicted octanol–water partition coefficient (Wildman–Crippen LogP) is 2.86. The van der Waals surface area contributed by atoms with Crippen molar-refractivity contribution in [3.05, 3.63) is 16.1 Å². The van der Waals surface area contributed by atoms with Crippen molar-refractivity contribution in [2.24, 2.45) is 0 Å². The Morgan fingerprint density at radius 1 is 1.62 bits per heavy atom. The lowest BCUT2D eigenvalue weighted by Crippen LogP contribution is -2.43. The third kappa shape index (κ3) is 2.26. The van der Waals surface area contributed by atoms with E-state index in [0.29, 0.717) is 11.7 Å². The number of aryl methyl sites for hydroxylation is 1. The van der Waals surface area contributed by atoms with Crippen LogP contribution in [0.1, 0.15) is 48.1 Å². The quantitative estimate of drug-likeness (QED) is 0.793. The summed E-state index contributed by atoms with van der Waals surface area (Å²) in [5, 5.41) is 2.84. The van der Waals surface area contributed by atoms with Crippen molar-refractivity contribution >= 4 is 17.2 Å². The van der Waals surface area contributed by atoms with E-state index in [0.717, 1.165) is 30.8 Å². The number of piperidine rings is 1. The summed E-state index contributed by atoms with van der Waals surface area (Å²) in [5.41, 5.74) is 0.628. The first-order chi connectivity index (χ1) is 7.72. The zero-order chi connectivity index (χ0) is 11.5. The lowest BCUT2D eigenvalue weighted by molar-refractivity contribution is 0.0602. The molecule has 1 atom stereocenters. The Morgan fingerprint density at radius 2 is 2.44 bits per heavy atom. The van der Waals surface area contributed by atoms with Crippen LogP contribution in [0.3, 0.4) is 0 Å².